The Labute approximate surface area is 75.2 Å². The highest BCUT2D eigenvalue weighted by Crippen LogP contribution is 2.08. The van der Waals surface area contributed by atoms with Crippen LogP contribution >= 0.6 is 12.6 Å². The molecule has 0 aliphatic carbocycles. The van der Waals surface area contributed by atoms with Crippen molar-refractivity contribution in [2.75, 3.05) is 11.1 Å². The van der Waals surface area contributed by atoms with Gasteiger partial charge in [0, 0.05) is 5.69 Å². The molecule has 0 heterocycles. The summed E-state index contributed by atoms with van der Waals surface area (Å²) in [5, 5.41) is 2.48. The fourth-order valence-corrected chi connectivity index (χ4v) is 0.846. The molecule has 1 amide bonds. The van der Waals surface area contributed by atoms with Crippen molar-refractivity contribution in [1.82, 2.24) is 0 Å². The number of benzene rings is 1. The average molecular weight is 185 g/mol. The van der Waals surface area contributed by atoms with Crippen LogP contribution in [0.3, 0.4) is 0 Å². The van der Waals surface area contributed by atoms with Crippen molar-refractivity contribution in [3.8, 4) is 0 Å². The Morgan fingerprint density at radius 3 is 2.92 bits per heavy atom. The van der Waals surface area contributed by atoms with Crippen LogP contribution < -0.4 is 5.32 Å². The number of amides is 1. The molecule has 0 saturated carbocycles. The van der Waals surface area contributed by atoms with Crippen LogP contribution in [-0.4, -0.2) is 11.7 Å². The van der Waals surface area contributed by atoms with E-state index >= 15 is 0 Å². The minimum Gasteiger partial charge on any atom is -0.325 e. The molecule has 0 atom stereocenters. The van der Waals surface area contributed by atoms with E-state index in [1.165, 1.54) is 18.2 Å². The number of rotatable bonds is 2. The van der Waals surface area contributed by atoms with Crippen LogP contribution in [0.2, 0.25) is 0 Å². The first kappa shape index (κ1) is 9.06. The molecule has 64 valence electrons. The van der Waals surface area contributed by atoms with E-state index in [9.17, 15) is 9.18 Å². The van der Waals surface area contributed by atoms with Gasteiger partial charge in [-0.15, -0.1) is 0 Å². The van der Waals surface area contributed by atoms with Crippen molar-refractivity contribution in [2.45, 2.75) is 0 Å². The minimum atomic E-state index is -0.369. The third-order valence-corrected chi connectivity index (χ3v) is 1.54. The fourth-order valence-electron chi connectivity index (χ4n) is 0.767. The maximum Gasteiger partial charge on any atom is 0.234 e. The van der Waals surface area contributed by atoms with Gasteiger partial charge in [0.15, 0.2) is 0 Å². The number of thiol groups is 1. The Kier molecular flexibility index (Phi) is 3.10. The molecule has 12 heavy (non-hydrogen) atoms. The molecule has 0 aromatic heterocycles. The van der Waals surface area contributed by atoms with Crippen LogP contribution in [0.4, 0.5) is 10.1 Å². The van der Waals surface area contributed by atoms with Crippen molar-refractivity contribution in [3.63, 3.8) is 0 Å². The maximum absolute atomic E-state index is 12.6. The Hall–Kier alpha value is -1.03. The molecular weight excluding hydrogens is 177 g/mol. The monoisotopic (exact) mass is 185 g/mol. The van der Waals surface area contributed by atoms with E-state index in [0.29, 0.717) is 5.69 Å². The van der Waals surface area contributed by atoms with Gasteiger partial charge in [-0.3, -0.25) is 4.79 Å². The summed E-state index contributed by atoms with van der Waals surface area (Å²) in [6, 6.07) is 5.71. The molecule has 0 aliphatic heterocycles. The van der Waals surface area contributed by atoms with Gasteiger partial charge in [-0.05, 0) is 18.2 Å². The van der Waals surface area contributed by atoms with Crippen LogP contribution in [-0.2, 0) is 4.79 Å². The van der Waals surface area contributed by atoms with Gasteiger partial charge in [0.25, 0.3) is 0 Å². The summed E-state index contributed by atoms with van der Waals surface area (Å²) in [4.78, 5) is 10.8. The summed E-state index contributed by atoms with van der Waals surface area (Å²) in [5.41, 5.74) is 0.453. The van der Waals surface area contributed by atoms with Crippen molar-refractivity contribution in [2.24, 2.45) is 0 Å². The molecule has 1 N–H and O–H groups in total. The summed E-state index contributed by atoms with van der Waals surface area (Å²) in [5.74, 6) is -0.521. The van der Waals surface area contributed by atoms with Crippen LogP contribution in [0.15, 0.2) is 24.3 Å². The van der Waals surface area contributed by atoms with Gasteiger partial charge in [-0.1, -0.05) is 6.07 Å². The maximum atomic E-state index is 12.6. The van der Waals surface area contributed by atoms with E-state index in [4.69, 9.17) is 0 Å². The smallest absolute Gasteiger partial charge is 0.234 e. The number of carbonyl (C=O) groups excluding carboxylic acids is 1. The summed E-state index contributed by atoms with van der Waals surface area (Å²) in [6.45, 7) is 0. The van der Waals surface area contributed by atoms with E-state index in [1.807, 2.05) is 0 Å². The molecule has 0 aliphatic rings. The van der Waals surface area contributed by atoms with Crippen LogP contribution in [0.1, 0.15) is 0 Å². The van der Waals surface area contributed by atoms with Crippen LogP contribution in [0, 0.1) is 5.82 Å². The van der Waals surface area contributed by atoms with Crippen molar-refractivity contribution < 1.29 is 9.18 Å². The summed E-state index contributed by atoms with van der Waals surface area (Å²) >= 11 is 3.77. The lowest BCUT2D eigenvalue weighted by Crippen LogP contribution is -2.12. The highest BCUT2D eigenvalue weighted by molar-refractivity contribution is 7.81. The lowest BCUT2D eigenvalue weighted by Gasteiger charge is -2.01. The molecule has 4 heteroatoms. The summed E-state index contributed by atoms with van der Waals surface area (Å²) in [6.07, 6.45) is 0. The molecule has 0 saturated heterocycles. The number of anilines is 1. The summed E-state index contributed by atoms with van der Waals surface area (Å²) < 4.78 is 12.6. The second-order valence-corrected chi connectivity index (χ2v) is 2.53. The van der Waals surface area contributed by atoms with Gasteiger partial charge >= 0.3 is 0 Å². The lowest BCUT2D eigenvalue weighted by atomic mass is 10.3. The zero-order valence-corrected chi connectivity index (χ0v) is 7.14. The standard InChI is InChI=1S/C8H8FNOS/c9-6-2-1-3-7(4-6)10-8(11)5-12/h1-4,12H,5H2,(H,10,11). The average Bonchev–Trinajstić information content (AvgIpc) is 2.04. The molecule has 0 bridgehead atoms. The van der Waals surface area contributed by atoms with E-state index in [-0.39, 0.29) is 17.5 Å². The molecule has 0 unspecified atom stereocenters. The van der Waals surface area contributed by atoms with Gasteiger partial charge in [-0.2, -0.15) is 12.6 Å². The molecule has 2 nitrogen and oxygen atoms in total. The Morgan fingerprint density at radius 2 is 2.33 bits per heavy atom. The first-order valence-corrected chi connectivity index (χ1v) is 4.02. The van der Waals surface area contributed by atoms with E-state index < -0.39 is 0 Å². The molecular formula is C8H8FNOS. The zero-order valence-electron chi connectivity index (χ0n) is 6.25. The lowest BCUT2D eigenvalue weighted by molar-refractivity contribution is -0.113. The van der Waals surface area contributed by atoms with E-state index in [1.54, 1.807) is 6.07 Å². The fraction of sp³-hybridized carbons (Fsp3) is 0.125. The summed E-state index contributed by atoms with van der Waals surface area (Å²) in [7, 11) is 0. The van der Waals surface area contributed by atoms with E-state index in [0.717, 1.165) is 0 Å². The van der Waals surface area contributed by atoms with Crippen LogP contribution in [0.5, 0.6) is 0 Å². The first-order valence-electron chi connectivity index (χ1n) is 3.38. The zero-order chi connectivity index (χ0) is 8.97. The minimum absolute atomic E-state index is 0.0938. The van der Waals surface area contributed by atoms with E-state index in [2.05, 4.69) is 17.9 Å². The highest BCUT2D eigenvalue weighted by Gasteiger charge is 1.98. The quantitative estimate of drug-likeness (QED) is 0.674. The second kappa shape index (κ2) is 4.11. The Bertz CT molecular complexity index is 290. The third kappa shape index (κ3) is 2.54. The Balaban J connectivity index is 2.69. The third-order valence-electron chi connectivity index (χ3n) is 1.25. The van der Waals surface area contributed by atoms with Gasteiger partial charge < -0.3 is 5.32 Å². The second-order valence-electron chi connectivity index (χ2n) is 2.22. The predicted molar refractivity (Wildman–Crippen MR) is 48.9 cm³/mol. The number of halogens is 1. The van der Waals surface area contributed by atoms with Gasteiger partial charge in [-0.25, -0.2) is 4.39 Å². The SMILES string of the molecule is O=C(CS)Nc1cccc(F)c1. The van der Waals surface area contributed by atoms with Gasteiger partial charge in [0.05, 0.1) is 5.75 Å². The van der Waals surface area contributed by atoms with Gasteiger partial charge in [0.2, 0.25) is 5.91 Å². The predicted octanol–water partition coefficient (Wildman–Crippen LogP) is 1.69. The molecule has 1 aromatic carbocycles. The molecule has 1 rings (SSSR count). The molecule has 0 fully saturated rings. The number of hydrogen-bond donors (Lipinski definition) is 2. The molecule has 0 spiro atoms. The molecule has 1 aromatic rings. The van der Waals surface area contributed by atoms with Crippen molar-refractivity contribution >= 4 is 24.2 Å². The topological polar surface area (TPSA) is 29.1 Å². The molecule has 0 radical (unpaired) electrons. The van der Waals surface area contributed by atoms with Crippen molar-refractivity contribution in [3.05, 3.63) is 30.1 Å². The highest BCUT2D eigenvalue weighted by atomic mass is 32.1. The first-order chi connectivity index (χ1) is 5.72. The number of carbonyl (C=O) groups is 1. The van der Waals surface area contributed by atoms with Gasteiger partial charge in [0.1, 0.15) is 5.82 Å². The van der Waals surface area contributed by atoms with Crippen molar-refractivity contribution in [1.29, 1.82) is 0 Å². The normalized spacial score (nSPS) is 9.50. The largest absolute Gasteiger partial charge is 0.325 e. The Morgan fingerprint density at radius 1 is 1.58 bits per heavy atom. The number of nitrogens with one attached hydrogen (secondary N) is 1. The van der Waals surface area contributed by atoms with Crippen LogP contribution in [0.25, 0.3) is 0 Å². The number of hydrogen-bond acceptors (Lipinski definition) is 2.